The Labute approximate surface area is 122 Å². The summed E-state index contributed by atoms with van der Waals surface area (Å²) < 4.78 is 7.65. The van der Waals surface area contributed by atoms with Crippen LogP contribution in [0, 0.1) is 0 Å². The summed E-state index contributed by atoms with van der Waals surface area (Å²) in [6.45, 7) is 1.35. The molecule has 21 heavy (non-hydrogen) atoms. The molecule has 0 radical (unpaired) electrons. The van der Waals surface area contributed by atoms with E-state index in [1.807, 2.05) is 35.0 Å². The molecule has 1 amide bonds. The summed E-state index contributed by atoms with van der Waals surface area (Å²) in [5, 5.41) is 4.07. The Balaban J connectivity index is 1.55. The van der Waals surface area contributed by atoms with E-state index in [2.05, 4.69) is 15.5 Å². The van der Waals surface area contributed by atoms with E-state index >= 15 is 0 Å². The number of hydrogen-bond acceptors (Lipinski definition) is 4. The Morgan fingerprint density at radius 3 is 2.76 bits per heavy atom. The van der Waals surface area contributed by atoms with E-state index in [0.717, 1.165) is 23.6 Å². The van der Waals surface area contributed by atoms with Gasteiger partial charge in [0, 0.05) is 25.2 Å². The van der Waals surface area contributed by atoms with Crippen molar-refractivity contribution in [1.29, 1.82) is 0 Å². The molecule has 1 N–H and O–H groups in total. The van der Waals surface area contributed by atoms with Gasteiger partial charge in [0.15, 0.2) is 0 Å². The number of carbonyl (C=O) groups excluding carboxylic acids is 1. The summed E-state index contributed by atoms with van der Waals surface area (Å²) in [4.78, 5) is 15.0. The van der Waals surface area contributed by atoms with Crippen LogP contribution in [0.2, 0.25) is 0 Å². The van der Waals surface area contributed by atoms with E-state index in [1.54, 1.807) is 12.5 Å². The number of nitrogens with zero attached hydrogens (tertiary/aromatic N) is 3. The Kier molecular flexibility index (Phi) is 3.95. The fourth-order valence-corrected chi connectivity index (χ4v) is 2.11. The van der Waals surface area contributed by atoms with Crippen LogP contribution in [0.15, 0.2) is 48.1 Å². The van der Waals surface area contributed by atoms with Crippen LogP contribution >= 0.6 is 0 Å². The van der Waals surface area contributed by atoms with Gasteiger partial charge in [-0.1, -0.05) is 0 Å². The van der Waals surface area contributed by atoms with Crippen molar-refractivity contribution in [2.24, 2.45) is 5.10 Å². The molecule has 0 bridgehead atoms. The van der Waals surface area contributed by atoms with Crippen LogP contribution in [-0.4, -0.2) is 27.8 Å². The Bertz CT molecular complexity index is 632. The highest BCUT2D eigenvalue weighted by Crippen LogP contribution is 2.15. The topological polar surface area (TPSA) is 68.5 Å². The third-order valence-corrected chi connectivity index (χ3v) is 3.27. The molecule has 0 aliphatic carbocycles. The maximum Gasteiger partial charge on any atom is 0.240 e. The second-order valence-electron chi connectivity index (χ2n) is 4.77. The van der Waals surface area contributed by atoms with Gasteiger partial charge in [0.05, 0.1) is 18.6 Å². The fourth-order valence-electron chi connectivity index (χ4n) is 2.11. The van der Waals surface area contributed by atoms with Crippen molar-refractivity contribution in [3.05, 3.63) is 48.5 Å². The maximum absolute atomic E-state index is 11.1. The number of amides is 1. The van der Waals surface area contributed by atoms with Crippen molar-refractivity contribution in [3.8, 4) is 5.75 Å². The van der Waals surface area contributed by atoms with Gasteiger partial charge in [-0.15, -0.1) is 0 Å². The van der Waals surface area contributed by atoms with Crippen LogP contribution in [0.1, 0.15) is 18.4 Å². The lowest BCUT2D eigenvalue weighted by atomic mass is 10.0. The van der Waals surface area contributed by atoms with E-state index in [1.165, 1.54) is 0 Å². The average Bonchev–Trinajstić information content (AvgIpc) is 3.02. The number of carbonyl (C=O) groups is 1. The SMILES string of the molecule is O=C1CCC(c2ccc(OCCn3ccnc3)cc2)=NN1. The van der Waals surface area contributed by atoms with E-state index in [9.17, 15) is 4.79 Å². The quantitative estimate of drug-likeness (QED) is 0.906. The number of hydrogen-bond donors (Lipinski definition) is 1. The molecule has 1 aromatic carbocycles. The van der Waals surface area contributed by atoms with E-state index in [4.69, 9.17) is 4.74 Å². The summed E-state index contributed by atoms with van der Waals surface area (Å²) in [7, 11) is 0. The normalized spacial score (nSPS) is 14.5. The summed E-state index contributed by atoms with van der Waals surface area (Å²) in [6, 6.07) is 7.76. The Morgan fingerprint density at radius 2 is 2.10 bits per heavy atom. The molecule has 0 atom stereocenters. The van der Waals surface area contributed by atoms with Crippen LogP contribution in [0.3, 0.4) is 0 Å². The molecular weight excluding hydrogens is 268 g/mol. The zero-order valence-corrected chi connectivity index (χ0v) is 11.5. The zero-order chi connectivity index (χ0) is 14.5. The van der Waals surface area contributed by atoms with Crippen molar-refractivity contribution in [1.82, 2.24) is 15.0 Å². The van der Waals surface area contributed by atoms with Crippen molar-refractivity contribution in [2.45, 2.75) is 19.4 Å². The second-order valence-corrected chi connectivity index (χ2v) is 4.77. The van der Waals surface area contributed by atoms with Crippen LogP contribution in [0.4, 0.5) is 0 Å². The number of rotatable bonds is 5. The molecule has 0 unspecified atom stereocenters. The lowest BCUT2D eigenvalue weighted by Crippen LogP contribution is -2.25. The smallest absolute Gasteiger partial charge is 0.240 e. The minimum Gasteiger partial charge on any atom is -0.492 e. The van der Waals surface area contributed by atoms with Crippen LogP contribution in [-0.2, 0) is 11.3 Å². The van der Waals surface area contributed by atoms with Crippen LogP contribution in [0.5, 0.6) is 5.75 Å². The molecule has 6 nitrogen and oxygen atoms in total. The largest absolute Gasteiger partial charge is 0.492 e. The molecule has 1 aromatic heterocycles. The lowest BCUT2D eigenvalue weighted by molar-refractivity contribution is -0.121. The van der Waals surface area contributed by atoms with Crippen LogP contribution in [0.25, 0.3) is 0 Å². The van der Waals surface area contributed by atoms with Gasteiger partial charge < -0.3 is 9.30 Å². The second kappa shape index (κ2) is 6.21. The molecule has 1 aliphatic rings. The van der Waals surface area contributed by atoms with Gasteiger partial charge >= 0.3 is 0 Å². The third kappa shape index (κ3) is 3.47. The number of aromatic nitrogens is 2. The highest BCUT2D eigenvalue weighted by molar-refractivity contribution is 6.04. The van der Waals surface area contributed by atoms with Crippen molar-refractivity contribution < 1.29 is 9.53 Å². The van der Waals surface area contributed by atoms with Crippen LogP contribution < -0.4 is 10.2 Å². The summed E-state index contributed by atoms with van der Waals surface area (Å²) in [5.41, 5.74) is 4.42. The first-order chi connectivity index (χ1) is 10.3. The fraction of sp³-hybridized carbons (Fsp3) is 0.267. The molecule has 1 aliphatic heterocycles. The van der Waals surface area contributed by atoms with Crippen molar-refractivity contribution in [3.63, 3.8) is 0 Å². The molecule has 0 spiro atoms. The predicted octanol–water partition coefficient (Wildman–Crippen LogP) is 1.58. The van der Waals surface area contributed by atoms with E-state index in [-0.39, 0.29) is 5.91 Å². The molecule has 0 saturated heterocycles. The number of hydrazone groups is 1. The van der Waals surface area contributed by atoms with Gasteiger partial charge in [-0.3, -0.25) is 4.79 Å². The molecule has 3 rings (SSSR count). The molecule has 2 heterocycles. The first kappa shape index (κ1) is 13.4. The molecule has 6 heteroatoms. The van der Waals surface area contributed by atoms with Gasteiger partial charge in [-0.25, -0.2) is 10.4 Å². The molecule has 108 valence electrons. The molecule has 0 fully saturated rings. The monoisotopic (exact) mass is 284 g/mol. The zero-order valence-electron chi connectivity index (χ0n) is 11.5. The van der Waals surface area contributed by atoms with Gasteiger partial charge in [-0.2, -0.15) is 5.10 Å². The minimum atomic E-state index is -0.0294. The first-order valence-electron chi connectivity index (χ1n) is 6.85. The molecular formula is C15H16N4O2. The number of ether oxygens (including phenoxy) is 1. The Hall–Kier alpha value is -2.63. The molecule has 0 saturated carbocycles. The van der Waals surface area contributed by atoms with E-state index < -0.39 is 0 Å². The summed E-state index contributed by atoms with van der Waals surface area (Å²) in [6.07, 6.45) is 6.58. The first-order valence-corrected chi connectivity index (χ1v) is 6.85. The summed E-state index contributed by atoms with van der Waals surface area (Å²) in [5.74, 6) is 0.789. The standard InChI is InChI=1S/C15H16N4O2/c20-15-6-5-14(17-18-15)12-1-3-13(4-2-12)21-10-9-19-8-7-16-11-19/h1-4,7-8,11H,5-6,9-10H2,(H,18,20). The lowest BCUT2D eigenvalue weighted by Gasteiger charge is -2.12. The number of nitrogens with one attached hydrogen (secondary N) is 1. The van der Waals surface area contributed by atoms with Gasteiger partial charge in [0.1, 0.15) is 12.4 Å². The van der Waals surface area contributed by atoms with Gasteiger partial charge in [-0.05, 0) is 29.8 Å². The third-order valence-electron chi connectivity index (χ3n) is 3.27. The van der Waals surface area contributed by atoms with E-state index in [0.29, 0.717) is 19.4 Å². The van der Waals surface area contributed by atoms with Gasteiger partial charge in [0.25, 0.3) is 0 Å². The minimum absolute atomic E-state index is 0.0294. The maximum atomic E-state index is 11.1. The van der Waals surface area contributed by atoms with Crippen molar-refractivity contribution >= 4 is 11.6 Å². The Morgan fingerprint density at radius 1 is 1.24 bits per heavy atom. The highest BCUT2D eigenvalue weighted by atomic mass is 16.5. The summed E-state index contributed by atoms with van der Waals surface area (Å²) >= 11 is 0. The predicted molar refractivity (Wildman–Crippen MR) is 78.1 cm³/mol. The number of benzene rings is 1. The average molecular weight is 284 g/mol. The molecule has 2 aromatic rings. The van der Waals surface area contributed by atoms with Gasteiger partial charge in [0.2, 0.25) is 5.91 Å². The van der Waals surface area contributed by atoms with Crippen molar-refractivity contribution in [2.75, 3.05) is 6.61 Å². The highest BCUT2D eigenvalue weighted by Gasteiger charge is 2.12. The number of imidazole rings is 1.